The van der Waals surface area contributed by atoms with Crippen LogP contribution in [0.2, 0.25) is 0 Å². The highest BCUT2D eigenvalue weighted by atomic mass is 16.1. The maximum atomic E-state index is 11.1. The zero-order valence-corrected chi connectivity index (χ0v) is 8.77. The summed E-state index contributed by atoms with van der Waals surface area (Å²) in [6.45, 7) is 3.57. The average Bonchev–Trinajstić information content (AvgIpc) is 2.66. The van der Waals surface area contributed by atoms with Gasteiger partial charge in [-0.2, -0.15) is 5.10 Å². The number of ketones is 1. The Kier molecular flexibility index (Phi) is 2.37. The molecule has 3 heteroatoms. The summed E-state index contributed by atoms with van der Waals surface area (Å²) in [6, 6.07) is 7.99. The van der Waals surface area contributed by atoms with Crippen LogP contribution in [0.5, 0.6) is 0 Å². The summed E-state index contributed by atoms with van der Waals surface area (Å²) in [7, 11) is 0. The van der Waals surface area contributed by atoms with Crippen molar-refractivity contribution in [3.05, 3.63) is 47.8 Å². The Balaban J connectivity index is 2.41. The minimum absolute atomic E-state index is 0.0360. The monoisotopic (exact) mass is 200 g/mol. The largest absolute Gasteiger partial charge is 0.294 e. The zero-order chi connectivity index (χ0) is 10.8. The molecule has 15 heavy (non-hydrogen) atoms. The van der Waals surface area contributed by atoms with E-state index in [-0.39, 0.29) is 5.78 Å². The van der Waals surface area contributed by atoms with Gasteiger partial charge in [-0.3, -0.25) is 4.79 Å². The van der Waals surface area contributed by atoms with Crippen LogP contribution >= 0.6 is 0 Å². The van der Waals surface area contributed by atoms with E-state index in [2.05, 4.69) is 5.10 Å². The van der Waals surface area contributed by atoms with Crippen molar-refractivity contribution < 1.29 is 4.79 Å². The SMILES string of the molecule is CC(=O)c1cnn(-c2cccc(C)c2)c1. The lowest BCUT2D eigenvalue weighted by Gasteiger charge is -2.01. The van der Waals surface area contributed by atoms with E-state index >= 15 is 0 Å². The summed E-state index contributed by atoms with van der Waals surface area (Å²) < 4.78 is 1.71. The van der Waals surface area contributed by atoms with Gasteiger partial charge in [0, 0.05) is 6.20 Å². The van der Waals surface area contributed by atoms with E-state index in [0.29, 0.717) is 5.56 Å². The van der Waals surface area contributed by atoms with Crippen LogP contribution in [0.15, 0.2) is 36.7 Å². The van der Waals surface area contributed by atoms with Crippen LogP contribution in [0.1, 0.15) is 22.8 Å². The van der Waals surface area contributed by atoms with Gasteiger partial charge in [-0.15, -0.1) is 0 Å². The fourth-order valence-corrected chi connectivity index (χ4v) is 1.42. The second-order valence-corrected chi connectivity index (χ2v) is 3.57. The molecule has 3 nitrogen and oxygen atoms in total. The van der Waals surface area contributed by atoms with Gasteiger partial charge in [0.1, 0.15) is 0 Å². The molecule has 2 aromatic rings. The van der Waals surface area contributed by atoms with Gasteiger partial charge in [0.05, 0.1) is 17.4 Å². The molecular weight excluding hydrogens is 188 g/mol. The number of hydrogen-bond donors (Lipinski definition) is 0. The molecule has 0 unspecified atom stereocenters. The van der Waals surface area contributed by atoms with E-state index < -0.39 is 0 Å². The Hall–Kier alpha value is -1.90. The summed E-state index contributed by atoms with van der Waals surface area (Å²) >= 11 is 0. The molecule has 1 aromatic carbocycles. The number of carbonyl (C=O) groups excluding carboxylic acids is 1. The summed E-state index contributed by atoms with van der Waals surface area (Å²) in [5, 5.41) is 4.14. The standard InChI is InChI=1S/C12H12N2O/c1-9-4-3-5-12(6-9)14-8-11(7-13-14)10(2)15/h3-8H,1-2H3. The molecule has 0 aliphatic rings. The normalized spacial score (nSPS) is 10.3. The van der Waals surface area contributed by atoms with Crippen molar-refractivity contribution in [3.63, 3.8) is 0 Å². The van der Waals surface area contributed by atoms with Gasteiger partial charge in [0.15, 0.2) is 5.78 Å². The molecule has 0 N–H and O–H groups in total. The first-order valence-electron chi connectivity index (χ1n) is 4.79. The quantitative estimate of drug-likeness (QED) is 0.697. The second kappa shape index (κ2) is 3.69. The Bertz CT molecular complexity index is 500. The summed E-state index contributed by atoms with van der Waals surface area (Å²) in [5.74, 6) is 0.0360. The summed E-state index contributed by atoms with van der Waals surface area (Å²) in [6.07, 6.45) is 3.34. The fraction of sp³-hybridized carbons (Fsp3) is 0.167. The Morgan fingerprint density at radius 1 is 1.40 bits per heavy atom. The molecule has 0 amide bonds. The average molecular weight is 200 g/mol. The van der Waals surface area contributed by atoms with Crippen LogP contribution in [0.3, 0.4) is 0 Å². The molecule has 0 saturated heterocycles. The third-order valence-corrected chi connectivity index (χ3v) is 2.26. The molecule has 0 saturated carbocycles. The number of benzene rings is 1. The molecule has 1 heterocycles. The molecular formula is C12H12N2O. The highest BCUT2D eigenvalue weighted by Crippen LogP contribution is 2.10. The van der Waals surface area contributed by atoms with E-state index in [0.717, 1.165) is 5.69 Å². The van der Waals surface area contributed by atoms with E-state index in [1.807, 2.05) is 31.2 Å². The van der Waals surface area contributed by atoms with E-state index in [1.54, 1.807) is 17.1 Å². The third-order valence-electron chi connectivity index (χ3n) is 2.26. The minimum atomic E-state index is 0.0360. The number of carbonyl (C=O) groups is 1. The maximum absolute atomic E-state index is 11.1. The molecule has 0 aliphatic carbocycles. The Labute approximate surface area is 88.4 Å². The van der Waals surface area contributed by atoms with Gasteiger partial charge >= 0.3 is 0 Å². The van der Waals surface area contributed by atoms with Crippen LogP contribution in [-0.4, -0.2) is 15.6 Å². The number of nitrogens with zero attached hydrogens (tertiary/aromatic N) is 2. The fourth-order valence-electron chi connectivity index (χ4n) is 1.42. The number of hydrogen-bond acceptors (Lipinski definition) is 2. The van der Waals surface area contributed by atoms with Crippen LogP contribution in [0, 0.1) is 6.92 Å². The van der Waals surface area contributed by atoms with Gasteiger partial charge in [-0.25, -0.2) is 4.68 Å². The molecule has 0 bridgehead atoms. The van der Waals surface area contributed by atoms with E-state index in [1.165, 1.54) is 12.5 Å². The van der Waals surface area contributed by atoms with E-state index in [9.17, 15) is 4.79 Å². The molecule has 2 rings (SSSR count). The maximum Gasteiger partial charge on any atom is 0.162 e. The predicted molar refractivity (Wildman–Crippen MR) is 58.3 cm³/mol. The predicted octanol–water partition coefficient (Wildman–Crippen LogP) is 2.38. The molecule has 1 aromatic heterocycles. The van der Waals surface area contributed by atoms with Crippen LogP contribution in [-0.2, 0) is 0 Å². The van der Waals surface area contributed by atoms with Gasteiger partial charge in [-0.05, 0) is 31.5 Å². The highest BCUT2D eigenvalue weighted by molar-refractivity contribution is 5.93. The first-order valence-corrected chi connectivity index (χ1v) is 4.79. The smallest absolute Gasteiger partial charge is 0.162 e. The zero-order valence-electron chi connectivity index (χ0n) is 8.77. The van der Waals surface area contributed by atoms with Gasteiger partial charge in [0.2, 0.25) is 0 Å². The van der Waals surface area contributed by atoms with Crippen molar-refractivity contribution in [1.82, 2.24) is 9.78 Å². The highest BCUT2D eigenvalue weighted by Gasteiger charge is 2.04. The first-order chi connectivity index (χ1) is 7.16. The summed E-state index contributed by atoms with van der Waals surface area (Å²) in [4.78, 5) is 11.1. The van der Waals surface area contributed by atoms with E-state index in [4.69, 9.17) is 0 Å². The van der Waals surface area contributed by atoms with Crippen molar-refractivity contribution in [2.45, 2.75) is 13.8 Å². The minimum Gasteiger partial charge on any atom is -0.294 e. The lowest BCUT2D eigenvalue weighted by molar-refractivity contribution is 0.101. The Morgan fingerprint density at radius 3 is 2.80 bits per heavy atom. The topological polar surface area (TPSA) is 34.9 Å². The number of aryl methyl sites for hydroxylation is 1. The molecule has 0 spiro atoms. The van der Waals surface area contributed by atoms with Crippen molar-refractivity contribution >= 4 is 5.78 Å². The van der Waals surface area contributed by atoms with Gasteiger partial charge in [0.25, 0.3) is 0 Å². The van der Waals surface area contributed by atoms with Gasteiger partial charge in [-0.1, -0.05) is 12.1 Å². The molecule has 0 atom stereocenters. The van der Waals surface area contributed by atoms with Gasteiger partial charge < -0.3 is 0 Å². The van der Waals surface area contributed by atoms with Crippen LogP contribution in [0.25, 0.3) is 5.69 Å². The molecule has 0 aliphatic heterocycles. The number of aromatic nitrogens is 2. The summed E-state index contributed by atoms with van der Waals surface area (Å²) in [5.41, 5.74) is 2.78. The van der Waals surface area contributed by atoms with Crippen molar-refractivity contribution in [2.24, 2.45) is 0 Å². The van der Waals surface area contributed by atoms with Crippen molar-refractivity contribution in [1.29, 1.82) is 0 Å². The molecule has 0 fully saturated rings. The lowest BCUT2D eigenvalue weighted by atomic mass is 10.2. The number of rotatable bonds is 2. The van der Waals surface area contributed by atoms with Crippen LogP contribution < -0.4 is 0 Å². The molecule has 76 valence electrons. The molecule has 0 radical (unpaired) electrons. The first kappa shape index (κ1) is 9.65. The van der Waals surface area contributed by atoms with Crippen LogP contribution in [0.4, 0.5) is 0 Å². The third kappa shape index (κ3) is 1.96. The van der Waals surface area contributed by atoms with Crippen molar-refractivity contribution in [2.75, 3.05) is 0 Å². The van der Waals surface area contributed by atoms with Crippen molar-refractivity contribution in [3.8, 4) is 5.69 Å². The number of Topliss-reactive ketones (excluding diaryl/α,β-unsaturated/α-hetero) is 1. The lowest BCUT2D eigenvalue weighted by Crippen LogP contribution is -1.94. The Morgan fingerprint density at radius 2 is 2.20 bits per heavy atom. The second-order valence-electron chi connectivity index (χ2n) is 3.57.